The number of thiophene rings is 1. The van der Waals surface area contributed by atoms with Crippen molar-refractivity contribution in [3.8, 4) is 17.2 Å². The van der Waals surface area contributed by atoms with Crippen LogP contribution in [-0.4, -0.2) is 29.3 Å². The summed E-state index contributed by atoms with van der Waals surface area (Å²) in [5.74, 6) is -0.151. The zero-order valence-electron chi connectivity index (χ0n) is 18.5. The first-order chi connectivity index (χ1) is 16.5. The van der Waals surface area contributed by atoms with E-state index in [0.29, 0.717) is 15.8 Å². The number of benzene rings is 1. The second-order valence-electron chi connectivity index (χ2n) is 8.21. The van der Waals surface area contributed by atoms with Crippen molar-refractivity contribution in [2.24, 2.45) is 0 Å². The summed E-state index contributed by atoms with van der Waals surface area (Å²) in [6, 6.07) is 9.82. The first kappa shape index (κ1) is 21.7. The quantitative estimate of drug-likeness (QED) is 0.381. The summed E-state index contributed by atoms with van der Waals surface area (Å²) in [5.41, 5.74) is 15.4. The minimum atomic E-state index is -0.450. The van der Waals surface area contributed by atoms with Crippen molar-refractivity contribution in [3.63, 3.8) is 0 Å². The summed E-state index contributed by atoms with van der Waals surface area (Å²) in [4.78, 5) is 19.8. The molecule has 11 heteroatoms. The van der Waals surface area contributed by atoms with Gasteiger partial charge in [-0.25, -0.2) is 4.98 Å². The van der Waals surface area contributed by atoms with Crippen molar-refractivity contribution in [1.82, 2.24) is 10.3 Å². The Hall–Kier alpha value is -4.17. The number of nitrogen functional groups attached to an aromatic ring is 2. The van der Waals surface area contributed by atoms with E-state index in [4.69, 9.17) is 16.0 Å². The molecular formula is C23H23N8O2S+. The summed E-state index contributed by atoms with van der Waals surface area (Å²) in [7, 11) is 0. The van der Waals surface area contributed by atoms with E-state index in [1.54, 1.807) is 11.0 Å². The Labute approximate surface area is 199 Å². The third-order valence-corrected chi connectivity index (χ3v) is 6.98. The number of nitrogens with zero attached hydrogens (tertiary/aromatic N) is 5. The van der Waals surface area contributed by atoms with Crippen LogP contribution in [0.2, 0.25) is 0 Å². The topological polar surface area (TPSA) is 151 Å². The van der Waals surface area contributed by atoms with Gasteiger partial charge in [-0.3, -0.25) is 14.6 Å². The number of nitriles is 1. The van der Waals surface area contributed by atoms with Gasteiger partial charge in [-0.2, -0.15) is 10.3 Å². The van der Waals surface area contributed by atoms with Crippen LogP contribution in [0.5, 0.6) is 0 Å². The molecule has 4 aromatic rings. The Kier molecular flexibility index (Phi) is 5.51. The summed E-state index contributed by atoms with van der Waals surface area (Å²) >= 11 is 1.11. The van der Waals surface area contributed by atoms with Gasteiger partial charge >= 0.3 is 5.88 Å². The van der Waals surface area contributed by atoms with E-state index in [2.05, 4.69) is 26.7 Å². The number of pyridine rings is 1. The molecule has 0 unspecified atom stereocenters. The predicted octanol–water partition coefficient (Wildman–Crippen LogP) is 2.96. The average molecular weight is 476 g/mol. The van der Waals surface area contributed by atoms with Gasteiger partial charge in [0.25, 0.3) is 12.1 Å². The van der Waals surface area contributed by atoms with Crippen LogP contribution in [0.1, 0.15) is 40.1 Å². The highest BCUT2D eigenvalue weighted by molar-refractivity contribution is 7.21. The first-order valence-electron chi connectivity index (χ1n) is 10.9. The molecule has 0 saturated carbocycles. The molecule has 1 amide bonds. The molecule has 0 radical (unpaired) electrons. The van der Waals surface area contributed by atoms with E-state index in [9.17, 15) is 10.1 Å². The molecule has 172 valence electrons. The zero-order chi connectivity index (χ0) is 23.8. The van der Waals surface area contributed by atoms with Gasteiger partial charge in [0.05, 0.1) is 23.6 Å². The average Bonchev–Trinajstić information content (AvgIpc) is 3.44. The molecule has 0 aliphatic carbocycles. The number of carbonyl (C=O) groups excluding carboxylic acids is 1. The highest BCUT2D eigenvalue weighted by Crippen LogP contribution is 2.42. The van der Waals surface area contributed by atoms with Gasteiger partial charge in [0.15, 0.2) is 0 Å². The van der Waals surface area contributed by atoms with E-state index < -0.39 is 5.91 Å². The summed E-state index contributed by atoms with van der Waals surface area (Å²) in [5, 5.41) is 19.1. The van der Waals surface area contributed by atoms with E-state index in [1.807, 2.05) is 31.2 Å². The molecule has 5 N–H and O–H groups in total. The number of rotatable bonds is 4. The number of aryl methyl sites for hydroxylation is 1. The molecule has 0 bridgehead atoms. The van der Waals surface area contributed by atoms with Gasteiger partial charge in [-0.05, 0) is 31.7 Å². The molecule has 5 rings (SSSR count). The molecule has 3 aromatic heterocycles. The number of nitrogens with two attached hydrogens (primary N) is 2. The van der Waals surface area contributed by atoms with Crippen LogP contribution in [-0.2, 0) is 0 Å². The van der Waals surface area contributed by atoms with E-state index in [-0.39, 0.29) is 27.8 Å². The second-order valence-corrected chi connectivity index (χ2v) is 9.20. The summed E-state index contributed by atoms with van der Waals surface area (Å²) in [6.45, 7) is 3.74. The minimum Gasteiger partial charge on any atom is -0.397 e. The maximum Gasteiger partial charge on any atom is 0.306 e. The van der Waals surface area contributed by atoms with Crippen LogP contribution in [0.15, 0.2) is 35.0 Å². The highest BCUT2D eigenvalue weighted by Gasteiger charge is 2.27. The fourth-order valence-electron chi connectivity index (χ4n) is 4.14. The van der Waals surface area contributed by atoms with Crippen LogP contribution < -0.4 is 26.6 Å². The summed E-state index contributed by atoms with van der Waals surface area (Å²) in [6.07, 6.45) is 5.00. The van der Waals surface area contributed by atoms with Gasteiger partial charge in [0.1, 0.15) is 27.2 Å². The lowest BCUT2D eigenvalue weighted by Crippen LogP contribution is -2.60. The number of hydrogen-bond acceptors (Lipinski definition) is 9. The highest BCUT2D eigenvalue weighted by atomic mass is 32.1. The Balaban J connectivity index is 1.52. The lowest BCUT2D eigenvalue weighted by atomic mass is 9.96. The molecule has 1 saturated heterocycles. The molecule has 10 nitrogen and oxygen atoms in total. The van der Waals surface area contributed by atoms with Crippen LogP contribution in [0.4, 0.5) is 17.4 Å². The number of anilines is 3. The Morgan fingerprint density at radius 1 is 1.24 bits per heavy atom. The minimum absolute atomic E-state index is 0.0941. The number of fused-ring (bicyclic) bond motifs is 1. The molecule has 0 atom stereocenters. The number of hydrogen-bond donors (Lipinski definition) is 3. The normalized spacial score (nSPS) is 13.7. The van der Waals surface area contributed by atoms with Gasteiger partial charge < -0.3 is 11.5 Å². The Morgan fingerprint density at radius 3 is 2.68 bits per heavy atom. The SMILES string of the molecule is Cc1ccc(-c2c(C#N)c(N)nc3sc(C(=O)Nc4c[n+](N5CCCCC5)no4)c(N)c23)cc1. The molecule has 1 aliphatic rings. The third-order valence-electron chi connectivity index (χ3n) is 5.88. The lowest BCUT2D eigenvalue weighted by Gasteiger charge is -2.17. The standard InChI is InChI=1S/C23H22N8O2S/c1-13-5-7-14(8-6-13)17-15(11-24)21(26)28-23-18(17)19(25)20(34-23)22(32)27-16-12-31(29-33-16)30-9-3-2-4-10-30/h5-8,12H,2-4,9-10H2,1H3,(H4-,25,26,27,28,29,32)/p+1. The fourth-order valence-corrected chi connectivity index (χ4v) is 5.15. The molecule has 0 spiro atoms. The molecule has 4 heterocycles. The van der Waals surface area contributed by atoms with E-state index >= 15 is 0 Å². The van der Waals surface area contributed by atoms with Crippen molar-refractivity contribution >= 4 is 44.9 Å². The summed E-state index contributed by atoms with van der Waals surface area (Å²) < 4.78 is 5.31. The Bertz CT molecular complexity index is 1430. The van der Waals surface area contributed by atoms with Gasteiger partial charge in [0.2, 0.25) is 5.27 Å². The van der Waals surface area contributed by atoms with Crippen molar-refractivity contribution in [2.75, 3.05) is 34.9 Å². The van der Waals surface area contributed by atoms with Crippen molar-refractivity contribution in [1.29, 1.82) is 5.26 Å². The number of carbonyl (C=O) groups is 1. The maximum atomic E-state index is 13.1. The largest absolute Gasteiger partial charge is 0.397 e. The zero-order valence-corrected chi connectivity index (χ0v) is 19.4. The second kappa shape index (κ2) is 8.64. The van der Waals surface area contributed by atoms with E-state index in [0.717, 1.165) is 48.4 Å². The van der Waals surface area contributed by atoms with Gasteiger partial charge in [-0.15, -0.1) is 11.3 Å². The number of aromatic nitrogens is 3. The molecule has 1 aromatic carbocycles. The molecular weight excluding hydrogens is 452 g/mol. The fraction of sp³-hybridized carbons (Fsp3) is 0.261. The molecule has 34 heavy (non-hydrogen) atoms. The number of amides is 1. The van der Waals surface area contributed by atoms with E-state index in [1.165, 1.54) is 6.42 Å². The molecule has 1 fully saturated rings. The Morgan fingerprint density at radius 2 is 1.97 bits per heavy atom. The number of nitrogens with one attached hydrogen (secondary N) is 1. The van der Waals surface area contributed by atoms with Gasteiger partial charge in [0, 0.05) is 10.9 Å². The predicted molar refractivity (Wildman–Crippen MR) is 130 cm³/mol. The van der Waals surface area contributed by atoms with Crippen molar-refractivity contribution in [3.05, 3.63) is 46.5 Å². The van der Waals surface area contributed by atoms with Crippen LogP contribution in [0.25, 0.3) is 21.3 Å². The first-order valence-corrected chi connectivity index (χ1v) is 11.7. The van der Waals surface area contributed by atoms with Crippen LogP contribution >= 0.6 is 11.3 Å². The van der Waals surface area contributed by atoms with Crippen molar-refractivity contribution < 1.29 is 14.1 Å². The maximum absolute atomic E-state index is 13.1. The number of piperidine rings is 1. The van der Waals surface area contributed by atoms with Crippen LogP contribution in [0, 0.1) is 18.3 Å². The van der Waals surface area contributed by atoms with Crippen LogP contribution in [0.3, 0.4) is 0 Å². The van der Waals surface area contributed by atoms with Gasteiger partial charge in [-0.1, -0.05) is 29.8 Å². The van der Waals surface area contributed by atoms with Crippen molar-refractivity contribution in [2.45, 2.75) is 26.2 Å². The molecule has 1 aliphatic heterocycles. The lowest BCUT2D eigenvalue weighted by molar-refractivity contribution is -0.759. The smallest absolute Gasteiger partial charge is 0.306 e. The monoisotopic (exact) mass is 475 g/mol. The third kappa shape index (κ3) is 3.78.